The molecule has 2 aliphatic rings. The first-order valence-electron chi connectivity index (χ1n) is 9.28. The molecule has 2 N–H and O–H groups in total. The number of thiophene rings is 1. The molecule has 2 aliphatic carbocycles. The quantitative estimate of drug-likeness (QED) is 0.763. The molecule has 0 spiro atoms. The number of rotatable bonds is 5. The van der Waals surface area contributed by atoms with Gasteiger partial charge in [0, 0.05) is 11.4 Å². The minimum atomic E-state index is -0.338. The van der Waals surface area contributed by atoms with Crippen LogP contribution in [0.1, 0.15) is 65.6 Å². The summed E-state index contributed by atoms with van der Waals surface area (Å²) in [7, 11) is 0. The number of carbonyl (C=O) groups excluding carboxylic acids is 2. The molecule has 0 aromatic carbocycles. The van der Waals surface area contributed by atoms with Crippen molar-refractivity contribution in [3.63, 3.8) is 0 Å². The van der Waals surface area contributed by atoms with Gasteiger partial charge >= 0.3 is 0 Å². The van der Waals surface area contributed by atoms with Crippen molar-refractivity contribution in [3.8, 4) is 0 Å². The van der Waals surface area contributed by atoms with Gasteiger partial charge < -0.3 is 10.6 Å². The average Bonchev–Trinajstić information content (AvgIpc) is 3.04. The summed E-state index contributed by atoms with van der Waals surface area (Å²) in [5.41, 5.74) is 1.01. The van der Waals surface area contributed by atoms with Crippen molar-refractivity contribution in [1.82, 2.24) is 10.6 Å². The molecule has 6 heteroatoms. The maximum absolute atomic E-state index is 12.9. The van der Waals surface area contributed by atoms with E-state index < -0.39 is 0 Å². The second-order valence-electron chi connectivity index (χ2n) is 7.61. The van der Waals surface area contributed by atoms with Crippen LogP contribution in [-0.2, 0) is 17.6 Å². The van der Waals surface area contributed by atoms with Crippen LogP contribution in [0.3, 0.4) is 0 Å². The molecule has 0 saturated heterocycles. The highest BCUT2D eigenvalue weighted by atomic mass is 35.5. The lowest BCUT2D eigenvalue weighted by molar-refractivity contribution is -0.119. The number of halogens is 1. The van der Waals surface area contributed by atoms with E-state index in [1.54, 1.807) is 11.3 Å². The predicted molar refractivity (Wildman–Crippen MR) is 103 cm³/mol. The molecule has 1 fully saturated rings. The largest absolute Gasteiger partial charge is 0.353 e. The maximum Gasteiger partial charge on any atom is 0.261 e. The van der Waals surface area contributed by atoms with E-state index in [0.29, 0.717) is 12.5 Å². The highest BCUT2D eigenvalue weighted by Gasteiger charge is 2.35. The Bertz CT molecular complexity index is 637. The summed E-state index contributed by atoms with van der Waals surface area (Å²) in [6.07, 6.45) is 8.54. The van der Waals surface area contributed by atoms with E-state index >= 15 is 0 Å². The van der Waals surface area contributed by atoms with Gasteiger partial charge in [-0.05, 0) is 49.7 Å². The summed E-state index contributed by atoms with van der Waals surface area (Å²) in [4.78, 5) is 26.6. The lowest BCUT2D eigenvalue weighted by Gasteiger charge is -2.38. The zero-order chi connectivity index (χ0) is 17.9. The van der Waals surface area contributed by atoms with Gasteiger partial charge in [0.05, 0.1) is 10.4 Å². The van der Waals surface area contributed by atoms with Crippen molar-refractivity contribution in [2.75, 3.05) is 12.4 Å². The fourth-order valence-corrected chi connectivity index (χ4v) is 5.21. The molecular formula is C19H27ClN2O2S. The fraction of sp³-hybridized carbons (Fsp3) is 0.684. The molecular weight excluding hydrogens is 356 g/mol. The van der Waals surface area contributed by atoms with E-state index in [1.165, 1.54) is 23.3 Å². The Morgan fingerprint density at radius 2 is 2.08 bits per heavy atom. The number of hydrogen-bond donors (Lipinski definition) is 2. The van der Waals surface area contributed by atoms with Crippen LogP contribution in [0.15, 0.2) is 6.07 Å². The number of carbonyl (C=O) groups is 2. The number of alkyl halides is 1. The highest BCUT2D eigenvalue weighted by molar-refractivity contribution is 7.14. The first-order valence-corrected chi connectivity index (χ1v) is 10.6. The third-order valence-electron chi connectivity index (χ3n) is 5.49. The number of nitrogens with one attached hydrogen (secondary N) is 2. The van der Waals surface area contributed by atoms with Crippen molar-refractivity contribution in [2.45, 2.75) is 63.8 Å². The van der Waals surface area contributed by atoms with Gasteiger partial charge in [0.15, 0.2) is 0 Å². The summed E-state index contributed by atoms with van der Waals surface area (Å²) in [5.74, 6) is 0.490. The Morgan fingerprint density at radius 3 is 2.80 bits per heavy atom. The van der Waals surface area contributed by atoms with E-state index in [0.717, 1.165) is 43.4 Å². The maximum atomic E-state index is 12.9. The molecule has 4 nitrogen and oxygen atoms in total. The molecule has 1 unspecified atom stereocenters. The van der Waals surface area contributed by atoms with Crippen molar-refractivity contribution < 1.29 is 9.59 Å². The van der Waals surface area contributed by atoms with Crippen LogP contribution in [-0.4, -0.2) is 29.8 Å². The van der Waals surface area contributed by atoms with Crippen LogP contribution in [0.2, 0.25) is 0 Å². The van der Waals surface area contributed by atoms with Crippen LogP contribution in [0.4, 0.5) is 0 Å². The fourth-order valence-electron chi connectivity index (χ4n) is 4.01. The van der Waals surface area contributed by atoms with E-state index in [1.807, 2.05) is 0 Å². The second kappa shape index (κ2) is 8.09. The average molecular weight is 383 g/mol. The molecule has 138 valence electrons. The van der Waals surface area contributed by atoms with Crippen LogP contribution in [0.25, 0.3) is 0 Å². The summed E-state index contributed by atoms with van der Waals surface area (Å²) >= 11 is 7.23. The van der Waals surface area contributed by atoms with Crippen LogP contribution < -0.4 is 10.6 Å². The molecule has 1 saturated carbocycles. The summed E-state index contributed by atoms with van der Waals surface area (Å²) in [6.45, 7) is 2.74. The van der Waals surface area contributed by atoms with Crippen LogP contribution in [0, 0.1) is 5.92 Å². The first kappa shape index (κ1) is 18.7. The minimum absolute atomic E-state index is 0.00840. The highest BCUT2D eigenvalue weighted by Crippen LogP contribution is 2.33. The van der Waals surface area contributed by atoms with Crippen molar-refractivity contribution >= 4 is 34.8 Å². The molecule has 0 aliphatic heterocycles. The van der Waals surface area contributed by atoms with E-state index in [4.69, 9.17) is 11.6 Å². The molecule has 2 amide bonds. The molecule has 1 heterocycles. The van der Waals surface area contributed by atoms with E-state index in [2.05, 4.69) is 23.6 Å². The molecule has 3 rings (SSSR count). The Balaban J connectivity index is 1.70. The van der Waals surface area contributed by atoms with Gasteiger partial charge in [-0.3, -0.25) is 9.59 Å². The lowest BCUT2D eigenvalue weighted by atomic mass is 9.81. The van der Waals surface area contributed by atoms with Crippen molar-refractivity contribution in [1.29, 1.82) is 0 Å². The summed E-state index contributed by atoms with van der Waals surface area (Å²) < 4.78 is 0. The normalized spacial score (nSPS) is 22.1. The third kappa shape index (κ3) is 4.56. The van der Waals surface area contributed by atoms with Gasteiger partial charge in [-0.25, -0.2) is 0 Å². The van der Waals surface area contributed by atoms with E-state index in [-0.39, 0.29) is 23.2 Å². The lowest BCUT2D eigenvalue weighted by Crippen LogP contribution is -2.56. The van der Waals surface area contributed by atoms with E-state index in [9.17, 15) is 9.59 Å². The van der Waals surface area contributed by atoms with Crippen LogP contribution in [0.5, 0.6) is 0 Å². The molecule has 0 bridgehead atoms. The zero-order valence-corrected chi connectivity index (χ0v) is 16.4. The summed E-state index contributed by atoms with van der Waals surface area (Å²) in [5, 5.41) is 6.13. The Kier molecular flexibility index (Phi) is 6.05. The molecule has 25 heavy (non-hydrogen) atoms. The monoisotopic (exact) mass is 382 g/mol. The van der Waals surface area contributed by atoms with Crippen LogP contribution >= 0.6 is 22.9 Å². The first-order chi connectivity index (χ1) is 12.0. The van der Waals surface area contributed by atoms with Crippen molar-refractivity contribution in [3.05, 3.63) is 21.4 Å². The van der Waals surface area contributed by atoms with Gasteiger partial charge in [0.2, 0.25) is 5.91 Å². The Labute approximate surface area is 158 Å². The smallest absolute Gasteiger partial charge is 0.261 e. The predicted octanol–water partition coefficient (Wildman–Crippen LogP) is 3.66. The summed E-state index contributed by atoms with van der Waals surface area (Å²) in [6, 6.07) is 2.08. The number of amides is 2. The van der Waals surface area contributed by atoms with Crippen molar-refractivity contribution in [2.24, 2.45) is 5.92 Å². The van der Waals surface area contributed by atoms with Gasteiger partial charge in [0.1, 0.15) is 5.88 Å². The zero-order valence-electron chi connectivity index (χ0n) is 14.8. The SMILES string of the molecule is CC1CCc2sc(C(=O)NC3(CNC(=O)CCl)CCCCC3)cc2C1. The number of aryl methyl sites for hydroxylation is 1. The van der Waals surface area contributed by atoms with Gasteiger partial charge in [-0.2, -0.15) is 0 Å². The number of fused-ring (bicyclic) bond motifs is 1. The minimum Gasteiger partial charge on any atom is -0.353 e. The molecule has 1 aromatic rings. The standard InChI is InChI=1S/C19H27ClN2O2S/c1-13-5-6-15-14(9-13)10-16(25-15)18(24)22-19(7-3-2-4-8-19)12-21-17(23)11-20/h10,13H,2-9,11-12H2,1H3,(H,21,23)(H,22,24). The van der Waals surface area contributed by atoms with Gasteiger partial charge in [-0.15, -0.1) is 22.9 Å². The Hall–Kier alpha value is -1.07. The molecule has 1 atom stereocenters. The Morgan fingerprint density at radius 1 is 1.32 bits per heavy atom. The molecule has 1 aromatic heterocycles. The molecule has 0 radical (unpaired) electrons. The second-order valence-corrected chi connectivity index (χ2v) is 9.02. The van der Waals surface area contributed by atoms with Gasteiger partial charge in [-0.1, -0.05) is 26.2 Å². The third-order valence-corrected chi connectivity index (χ3v) is 6.97. The van der Waals surface area contributed by atoms with Gasteiger partial charge in [0.25, 0.3) is 5.91 Å². The number of hydrogen-bond acceptors (Lipinski definition) is 3. The topological polar surface area (TPSA) is 58.2 Å².